The van der Waals surface area contributed by atoms with Gasteiger partial charge in [-0.15, -0.1) is 0 Å². The van der Waals surface area contributed by atoms with Gasteiger partial charge in [0.15, 0.2) is 0 Å². The van der Waals surface area contributed by atoms with E-state index in [1.165, 1.54) is 32.1 Å². The normalized spacial score (nSPS) is 15.2. The lowest BCUT2D eigenvalue weighted by molar-refractivity contribution is -0.138. The van der Waals surface area contributed by atoms with Gasteiger partial charge in [0.1, 0.15) is 11.6 Å². The smallest absolute Gasteiger partial charge is 0.333 e. The van der Waals surface area contributed by atoms with E-state index in [1.807, 2.05) is 25.1 Å². The van der Waals surface area contributed by atoms with Crippen LogP contribution in [0.1, 0.15) is 77.5 Å². The van der Waals surface area contributed by atoms with Crippen LogP contribution < -0.4 is 4.74 Å². The molecule has 1 aromatic heterocycles. The number of hydrogen-bond donors (Lipinski definition) is 0. The Morgan fingerprint density at radius 3 is 2.57 bits per heavy atom. The Labute approximate surface area is 180 Å². The highest BCUT2D eigenvalue weighted by Crippen LogP contribution is 2.33. The number of ether oxygens (including phenoxy) is 2. The van der Waals surface area contributed by atoms with Gasteiger partial charge in [0, 0.05) is 23.4 Å². The van der Waals surface area contributed by atoms with Crippen LogP contribution in [0.5, 0.6) is 5.75 Å². The van der Waals surface area contributed by atoms with Crippen molar-refractivity contribution >= 4 is 12.0 Å². The van der Waals surface area contributed by atoms with Crippen LogP contribution >= 0.6 is 0 Å². The van der Waals surface area contributed by atoms with Crippen molar-refractivity contribution in [2.75, 3.05) is 13.2 Å². The van der Waals surface area contributed by atoms with Gasteiger partial charge in [0.25, 0.3) is 0 Å². The van der Waals surface area contributed by atoms with Gasteiger partial charge >= 0.3 is 5.97 Å². The predicted octanol–water partition coefficient (Wildman–Crippen LogP) is 6.20. The lowest BCUT2D eigenvalue weighted by atomic mass is 9.95. The van der Waals surface area contributed by atoms with Crippen LogP contribution in [-0.4, -0.2) is 28.7 Å². The number of unbranched alkanes of at least 4 members (excludes halogenated alkanes) is 1. The number of carbonyl (C=O) groups is 1. The van der Waals surface area contributed by atoms with Gasteiger partial charge in [-0.3, -0.25) is 0 Å². The number of hydrogen-bond acceptors (Lipinski definition) is 4. The number of imidazole rings is 1. The molecule has 0 amide bonds. The SMILES string of the molecule is CCCCOc1ccc(-c2nc(/C=C(\C)C(=O)OCC)cn2C2CCCCC2)cc1. The van der Waals surface area contributed by atoms with Crippen molar-refractivity contribution in [3.05, 3.63) is 41.7 Å². The summed E-state index contributed by atoms with van der Waals surface area (Å²) >= 11 is 0. The average molecular weight is 411 g/mol. The quantitative estimate of drug-likeness (QED) is 0.280. The molecule has 3 rings (SSSR count). The first kappa shape index (κ1) is 22.1. The van der Waals surface area contributed by atoms with Crippen LogP contribution in [0.15, 0.2) is 36.0 Å². The third-order valence-electron chi connectivity index (χ3n) is 5.56. The molecule has 5 heteroatoms. The second kappa shape index (κ2) is 11.0. The van der Waals surface area contributed by atoms with Crippen LogP contribution in [0.25, 0.3) is 17.5 Å². The van der Waals surface area contributed by atoms with Gasteiger partial charge in [-0.05, 0) is 63.5 Å². The number of nitrogens with zero attached hydrogens (tertiary/aromatic N) is 2. The maximum Gasteiger partial charge on any atom is 0.333 e. The molecule has 1 aliphatic rings. The third-order valence-corrected chi connectivity index (χ3v) is 5.56. The van der Waals surface area contributed by atoms with Gasteiger partial charge in [-0.1, -0.05) is 32.6 Å². The van der Waals surface area contributed by atoms with E-state index in [0.29, 0.717) is 18.2 Å². The number of aromatic nitrogens is 2. The van der Waals surface area contributed by atoms with E-state index < -0.39 is 0 Å². The summed E-state index contributed by atoms with van der Waals surface area (Å²) < 4.78 is 13.2. The minimum absolute atomic E-state index is 0.292. The van der Waals surface area contributed by atoms with E-state index in [0.717, 1.165) is 42.3 Å². The van der Waals surface area contributed by atoms with Crippen molar-refractivity contribution < 1.29 is 14.3 Å². The van der Waals surface area contributed by atoms with Crippen LogP contribution in [0, 0.1) is 0 Å². The minimum atomic E-state index is -0.292. The molecule has 0 bridgehead atoms. The molecule has 0 radical (unpaired) electrons. The fraction of sp³-hybridized carbons (Fsp3) is 0.520. The number of rotatable bonds is 9. The van der Waals surface area contributed by atoms with Gasteiger partial charge in [0.2, 0.25) is 0 Å². The van der Waals surface area contributed by atoms with E-state index in [1.54, 1.807) is 6.92 Å². The van der Waals surface area contributed by atoms with Crippen LogP contribution in [0.2, 0.25) is 0 Å². The van der Waals surface area contributed by atoms with Crippen molar-refractivity contribution in [2.24, 2.45) is 0 Å². The molecule has 0 saturated heterocycles. The number of esters is 1. The summed E-state index contributed by atoms with van der Waals surface area (Å²) in [6.07, 6.45) is 12.2. The molecular formula is C25H34N2O3. The zero-order valence-corrected chi connectivity index (χ0v) is 18.5. The molecule has 2 aromatic rings. The lowest BCUT2D eigenvalue weighted by Crippen LogP contribution is -2.13. The molecule has 0 atom stereocenters. The van der Waals surface area contributed by atoms with E-state index in [9.17, 15) is 4.79 Å². The van der Waals surface area contributed by atoms with E-state index in [4.69, 9.17) is 14.5 Å². The lowest BCUT2D eigenvalue weighted by Gasteiger charge is -2.24. The molecule has 162 valence electrons. The Bertz CT molecular complexity index is 846. The van der Waals surface area contributed by atoms with Crippen molar-refractivity contribution in [1.29, 1.82) is 0 Å². The van der Waals surface area contributed by atoms with Crippen molar-refractivity contribution in [3.63, 3.8) is 0 Å². The molecule has 1 saturated carbocycles. The van der Waals surface area contributed by atoms with Crippen molar-refractivity contribution in [3.8, 4) is 17.1 Å². The first-order valence-corrected chi connectivity index (χ1v) is 11.3. The fourth-order valence-electron chi connectivity index (χ4n) is 3.89. The molecule has 1 heterocycles. The molecule has 5 nitrogen and oxygen atoms in total. The molecule has 1 aromatic carbocycles. The summed E-state index contributed by atoms with van der Waals surface area (Å²) in [5, 5.41) is 0. The van der Waals surface area contributed by atoms with Crippen LogP contribution in [-0.2, 0) is 9.53 Å². The summed E-state index contributed by atoms with van der Waals surface area (Å²) in [6.45, 7) is 6.87. The second-order valence-corrected chi connectivity index (χ2v) is 7.96. The Kier molecular flexibility index (Phi) is 8.12. The predicted molar refractivity (Wildman–Crippen MR) is 120 cm³/mol. The number of benzene rings is 1. The van der Waals surface area contributed by atoms with Crippen LogP contribution in [0.4, 0.5) is 0 Å². The highest BCUT2D eigenvalue weighted by molar-refractivity contribution is 5.92. The first-order chi connectivity index (χ1) is 14.6. The van der Waals surface area contributed by atoms with Gasteiger partial charge in [-0.25, -0.2) is 9.78 Å². The minimum Gasteiger partial charge on any atom is -0.494 e. The molecular weight excluding hydrogens is 376 g/mol. The Hall–Kier alpha value is -2.56. The van der Waals surface area contributed by atoms with Gasteiger partial charge in [0.05, 0.1) is 18.9 Å². The summed E-state index contributed by atoms with van der Waals surface area (Å²) in [5.41, 5.74) is 2.43. The van der Waals surface area contributed by atoms with E-state index >= 15 is 0 Å². The largest absolute Gasteiger partial charge is 0.494 e. The summed E-state index contributed by atoms with van der Waals surface area (Å²) in [6, 6.07) is 8.64. The zero-order valence-electron chi connectivity index (χ0n) is 18.5. The van der Waals surface area contributed by atoms with Crippen molar-refractivity contribution in [2.45, 2.75) is 71.8 Å². The van der Waals surface area contributed by atoms with E-state index in [2.05, 4.69) is 29.8 Å². The molecule has 0 unspecified atom stereocenters. The highest BCUT2D eigenvalue weighted by Gasteiger charge is 2.20. The molecule has 30 heavy (non-hydrogen) atoms. The number of carbonyl (C=O) groups excluding carboxylic acids is 1. The summed E-state index contributed by atoms with van der Waals surface area (Å²) in [5.74, 6) is 1.55. The molecule has 1 fully saturated rings. The third kappa shape index (κ3) is 5.74. The van der Waals surface area contributed by atoms with Crippen molar-refractivity contribution in [1.82, 2.24) is 9.55 Å². The molecule has 0 aliphatic heterocycles. The Balaban J connectivity index is 1.88. The summed E-state index contributed by atoms with van der Waals surface area (Å²) in [4.78, 5) is 16.9. The Morgan fingerprint density at radius 1 is 1.17 bits per heavy atom. The maximum absolute atomic E-state index is 12.0. The fourth-order valence-corrected chi connectivity index (χ4v) is 3.89. The molecule has 0 N–H and O–H groups in total. The van der Waals surface area contributed by atoms with E-state index in [-0.39, 0.29) is 5.97 Å². The average Bonchev–Trinajstić information content (AvgIpc) is 3.19. The second-order valence-electron chi connectivity index (χ2n) is 7.96. The monoisotopic (exact) mass is 410 g/mol. The topological polar surface area (TPSA) is 53.4 Å². The maximum atomic E-state index is 12.0. The standard InChI is InChI=1S/C25H34N2O3/c1-4-6-16-30-23-14-12-20(13-15-23)24-26-21(17-19(3)25(28)29-5-2)18-27(24)22-10-8-7-9-11-22/h12-15,17-18,22H,4-11,16H2,1-3H3/b19-17+. The van der Waals surface area contributed by atoms with Gasteiger partial charge < -0.3 is 14.0 Å². The zero-order chi connectivity index (χ0) is 21.3. The highest BCUT2D eigenvalue weighted by atomic mass is 16.5. The molecule has 0 spiro atoms. The summed E-state index contributed by atoms with van der Waals surface area (Å²) in [7, 11) is 0. The first-order valence-electron chi connectivity index (χ1n) is 11.3. The van der Waals surface area contributed by atoms with Gasteiger partial charge in [-0.2, -0.15) is 0 Å². The van der Waals surface area contributed by atoms with Crippen LogP contribution in [0.3, 0.4) is 0 Å². The molecule has 1 aliphatic carbocycles. The Morgan fingerprint density at radius 2 is 1.90 bits per heavy atom.